The van der Waals surface area contributed by atoms with Crippen LogP contribution < -0.4 is 10.1 Å². The van der Waals surface area contributed by atoms with E-state index in [-0.39, 0.29) is 5.41 Å². The van der Waals surface area contributed by atoms with Crippen LogP contribution in [0.4, 0.5) is 0 Å². The van der Waals surface area contributed by atoms with Gasteiger partial charge < -0.3 is 10.1 Å². The summed E-state index contributed by atoms with van der Waals surface area (Å²) < 4.78 is 5.48. The standard InChI is InChI=1S/C16H28N2O/c1-8-16(4,5)14(17-6)9-13-12(3)15(19-7)11(2)10-18-13/h10,14,17H,8-9H2,1-7H3. The van der Waals surface area contributed by atoms with Gasteiger partial charge in [0.25, 0.3) is 0 Å². The SMILES string of the molecule is CCC(C)(C)C(Cc1ncc(C)c(OC)c1C)NC. The van der Waals surface area contributed by atoms with Crippen molar-refractivity contribution in [3.63, 3.8) is 0 Å². The lowest BCUT2D eigenvalue weighted by Crippen LogP contribution is -2.41. The molecule has 3 heteroatoms. The van der Waals surface area contributed by atoms with Crippen molar-refractivity contribution in [1.29, 1.82) is 0 Å². The Kier molecular flexibility index (Phi) is 5.36. The molecule has 1 N–H and O–H groups in total. The van der Waals surface area contributed by atoms with Crippen molar-refractivity contribution in [2.75, 3.05) is 14.2 Å². The summed E-state index contributed by atoms with van der Waals surface area (Å²) in [6.07, 6.45) is 3.98. The number of aryl methyl sites for hydroxylation is 1. The Labute approximate surface area is 117 Å². The van der Waals surface area contributed by atoms with Crippen LogP contribution in [0.1, 0.15) is 44.0 Å². The van der Waals surface area contributed by atoms with Gasteiger partial charge in [0.15, 0.2) is 0 Å². The molecule has 0 aliphatic rings. The van der Waals surface area contributed by atoms with E-state index in [0.717, 1.165) is 35.4 Å². The predicted octanol–water partition coefficient (Wildman–Crippen LogP) is 3.27. The molecule has 0 aromatic carbocycles. The minimum atomic E-state index is 0.251. The molecule has 1 aromatic heterocycles. The molecule has 1 rings (SSSR count). The van der Waals surface area contributed by atoms with Crippen LogP contribution >= 0.6 is 0 Å². The molecule has 1 heterocycles. The number of hydrogen-bond acceptors (Lipinski definition) is 3. The fourth-order valence-electron chi connectivity index (χ4n) is 2.49. The second kappa shape index (κ2) is 6.38. The van der Waals surface area contributed by atoms with E-state index < -0.39 is 0 Å². The van der Waals surface area contributed by atoms with Crippen LogP contribution in [-0.4, -0.2) is 25.2 Å². The molecular weight excluding hydrogens is 236 g/mol. The summed E-state index contributed by atoms with van der Waals surface area (Å²) in [4.78, 5) is 4.60. The van der Waals surface area contributed by atoms with Crippen molar-refractivity contribution in [2.24, 2.45) is 5.41 Å². The third-order valence-corrected chi connectivity index (χ3v) is 4.35. The summed E-state index contributed by atoms with van der Waals surface area (Å²) in [5.41, 5.74) is 3.64. The zero-order chi connectivity index (χ0) is 14.6. The van der Waals surface area contributed by atoms with Crippen molar-refractivity contribution in [2.45, 2.75) is 53.5 Å². The fourth-order valence-corrected chi connectivity index (χ4v) is 2.49. The second-order valence-electron chi connectivity index (χ2n) is 5.93. The summed E-state index contributed by atoms with van der Waals surface area (Å²) in [6, 6.07) is 0.413. The lowest BCUT2D eigenvalue weighted by atomic mass is 9.79. The van der Waals surface area contributed by atoms with E-state index in [1.807, 2.05) is 20.2 Å². The number of ether oxygens (including phenoxy) is 1. The molecule has 0 saturated heterocycles. The molecule has 108 valence electrons. The van der Waals surface area contributed by atoms with E-state index in [2.05, 4.69) is 38.0 Å². The van der Waals surface area contributed by atoms with Crippen molar-refractivity contribution in [3.05, 3.63) is 23.0 Å². The highest BCUT2D eigenvalue weighted by atomic mass is 16.5. The lowest BCUT2D eigenvalue weighted by Gasteiger charge is -2.33. The van der Waals surface area contributed by atoms with E-state index in [0.29, 0.717) is 6.04 Å². The molecule has 0 saturated carbocycles. The summed E-state index contributed by atoms with van der Waals surface area (Å²) in [5.74, 6) is 0.967. The Morgan fingerprint density at radius 2 is 2.00 bits per heavy atom. The highest BCUT2D eigenvalue weighted by molar-refractivity contribution is 5.41. The van der Waals surface area contributed by atoms with Crippen LogP contribution in [0.3, 0.4) is 0 Å². The normalized spacial score (nSPS) is 13.4. The monoisotopic (exact) mass is 264 g/mol. The van der Waals surface area contributed by atoms with E-state index in [4.69, 9.17) is 4.74 Å². The minimum absolute atomic E-state index is 0.251. The van der Waals surface area contributed by atoms with Gasteiger partial charge in [-0.3, -0.25) is 4.98 Å². The van der Waals surface area contributed by atoms with Gasteiger partial charge in [-0.2, -0.15) is 0 Å². The quantitative estimate of drug-likeness (QED) is 0.856. The van der Waals surface area contributed by atoms with Crippen LogP contribution in [-0.2, 0) is 6.42 Å². The minimum Gasteiger partial charge on any atom is -0.496 e. The average molecular weight is 264 g/mol. The number of likely N-dealkylation sites (N-methyl/N-ethyl adjacent to an activating group) is 1. The first-order valence-electron chi connectivity index (χ1n) is 7.03. The Balaban J connectivity index is 3.05. The van der Waals surface area contributed by atoms with Gasteiger partial charge in [-0.1, -0.05) is 20.8 Å². The Bertz CT molecular complexity index is 427. The molecule has 3 nitrogen and oxygen atoms in total. The largest absolute Gasteiger partial charge is 0.496 e. The zero-order valence-electron chi connectivity index (χ0n) is 13.4. The van der Waals surface area contributed by atoms with E-state index in [9.17, 15) is 0 Å². The van der Waals surface area contributed by atoms with Crippen LogP contribution in [0, 0.1) is 19.3 Å². The van der Waals surface area contributed by atoms with Gasteiger partial charge in [-0.25, -0.2) is 0 Å². The number of rotatable bonds is 6. The number of nitrogens with one attached hydrogen (secondary N) is 1. The number of aromatic nitrogens is 1. The fraction of sp³-hybridized carbons (Fsp3) is 0.688. The molecule has 0 bridgehead atoms. The van der Waals surface area contributed by atoms with Gasteiger partial charge in [0.2, 0.25) is 0 Å². The van der Waals surface area contributed by atoms with Gasteiger partial charge in [-0.05, 0) is 32.7 Å². The van der Waals surface area contributed by atoms with Gasteiger partial charge in [0.1, 0.15) is 5.75 Å². The number of methoxy groups -OCH3 is 1. The molecule has 0 radical (unpaired) electrons. The van der Waals surface area contributed by atoms with Gasteiger partial charge in [0, 0.05) is 35.5 Å². The molecule has 0 aliphatic carbocycles. The average Bonchev–Trinajstić information content (AvgIpc) is 2.38. The predicted molar refractivity (Wildman–Crippen MR) is 80.9 cm³/mol. The maximum absolute atomic E-state index is 5.48. The summed E-state index contributed by atoms with van der Waals surface area (Å²) >= 11 is 0. The molecular formula is C16H28N2O. The van der Waals surface area contributed by atoms with Crippen LogP contribution in [0.25, 0.3) is 0 Å². The van der Waals surface area contributed by atoms with E-state index >= 15 is 0 Å². The highest BCUT2D eigenvalue weighted by Gasteiger charge is 2.27. The molecule has 1 aromatic rings. The molecule has 19 heavy (non-hydrogen) atoms. The highest BCUT2D eigenvalue weighted by Crippen LogP contribution is 2.30. The van der Waals surface area contributed by atoms with Crippen LogP contribution in [0.15, 0.2) is 6.20 Å². The summed E-state index contributed by atoms with van der Waals surface area (Å²) in [5, 5.41) is 3.44. The molecule has 1 atom stereocenters. The third-order valence-electron chi connectivity index (χ3n) is 4.35. The maximum atomic E-state index is 5.48. The van der Waals surface area contributed by atoms with Gasteiger partial charge in [0.05, 0.1) is 7.11 Å². The maximum Gasteiger partial charge on any atom is 0.128 e. The smallest absolute Gasteiger partial charge is 0.128 e. The van der Waals surface area contributed by atoms with Crippen LogP contribution in [0.5, 0.6) is 5.75 Å². The van der Waals surface area contributed by atoms with Crippen LogP contribution in [0.2, 0.25) is 0 Å². The van der Waals surface area contributed by atoms with Crippen molar-refractivity contribution < 1.29 is 4.74 Å². The Hall–Kier alpha value is -1.09. The van der Waals surface area contributed by atoms with Crippen molar-refractivity contribution >= 4 is 0 Å². The molecule has 0 spiro atoms. The Morgan fingerprint density at radius 3 is 2.47 bits per heavy atom. The molecule has 0 fully saturated rings. The van der Waals surface area contributed by atoms with Crippen molar-refractivity contribution in [1.82, 2.24) is 10.3 Å². The molecule has 0 amide bonds. The summed E-state index contributed by atoms with van der Waals surface area (Å²) in [7, 11) is 3.76. The number of nitrogens with zero attached hydrogens (tertiary/aromatic N) is 1. The van der Waals surface area contributed by atoms with E-state index in [1.54, 1.807) is 7.11 Å². The molecule has 0 aliphatic heterocycles. The molecule has 1 unspecified atom stereocenters. The van der Waals surface area contributed by atoms with Gasteiger partial charge in [-0.15, -0.1) is 0 Å². The first-order chi connectivity index (χ1) is 8.87. The Morgan fingerprint density at radius 1 is 1.37 bits per heavy atom. The van der Waals surface area contributed by atoms with Crippen molar-refractivity contribution in [3.8, 4) is 5.75 Å². The topological polar surface area (TPSA) is 34.1 Å². The third kappa shape index (κ3) is 3.47. The lowest BCUT2D eigenvalue weighted by molar-refractivity contribution is 0.239. The number of pyridine rings is 1. The first-order valence-corrected chi connectivity index (χ1v) is 7.03. The van der Waals surface area contributed by atoms with E-state index in [1.165, 1.54) is 0 Å². The number of hydrogen-bond donors (Lipinski definition) is 1. The van der Waals surface area contributed by atoms with Gasteiger partial charge >= 0.3 is 0 Å². The summed E-state index contributed by atoms with van der Waals surface area (Å²) in [6.45, 7) is 11.0. The second-order valence-corrected chi connectivity index (χ2v) is 5.93. The first kappa shape index (κ1) is 16.0. The zero-order valence-corrected chi connectivity index (χ0v) is 13.4.